The van der Waals surface area contributed by atoms with Crippen molar-refractivity contribution in [1.29, 1.82) is 0 Å². The number of nitrogens with one attached hydrogen (secondary N) is 1. The molecule has 4 rings (SSSR count). The predicted molar refractivity (Wildman–Crippen MR) is 145 cm³/mol. The van der Waals surface area contributed by atoms with E-state index in [2.05, 4.69) is 69.5 Å². The number of hydrogen-bond acceptors (Lipinski definition) is 4. The van der Waals surface area contributed by atoms with Crippen molar-refractivity contribution in [3.05, 3.63) is 47.5 Å². The van der Waals surface area contributed by atoms with Gasteiger partial charge in [0, 0.05) is 32.7 Å². The average molecular weight is 566 g/mol. The van der Waals surface area contributed by atoms with Crippen LogP contribution in [0.3, 0.4) is 0 Å². The van der Waals surface area contributed by atoms with Crippen LogP contribution in [0.2, 0.25) is 0 Å². The highest BCUT2D eigenvalue weighted by atomic mass is 127. The van der Waals surface area contributed by atoms with Gasteiger partial charge in [0.15, 0.2) is 11.8 Å². The lowest BCUT2D eigenvalue weighted by atomic mass is 9.82. The van der Waals surface area contributed by atoms with Crippen LogP contribution < -0.4 is 5.32 Å². The van der Waals surface area contributed by atoms with Crippen LogP contribution in [-0.2, 0) is 13.6 Å². The van der Waals surface area contributed by atoms with Gasteiger partial charge in [-0.3, -0.25) is 4.90 Å². The molecule has 0 bridgehead atoms. The number of hydrogen-bond donors (Lipinski definition) is 1. The number of aromatic nitrogens is 3. The molecule has 1 aromatic carbocycles. The highest BCUT2D eigenvalue weighted by Crippen LogP contribution is 2.32. The number of likely N-dealkylation sites (N-methyl/N-ethyl adjacent to an activating group) is 1. The molecule has 2 aliphatic rings. The molecule has 0 aliphatic carbocycles. The summed E-state index contributed by atoms with van der Waals surface area (Å²) in [5.41, 5.74) is 1.46. The Labute approximate surface area is 216 Å². The molecule has 2 aliphatic heterocycles. The minimum Gasteiger partial charge on any atom is -0.355 e. The fraction of sp³-hybridized carbons (Fsp3) is 0.640. The Morgan fingerprint density at radius 1 is 1.15 bits per heavy atom. The molecule has 0 spiro atoms. The molecule has 0 radical (unpaired) electrons. The third-order valence-electron chi connectivity index (χ3n) is 7.39. The van der Waals surface area contributed by atoms with Crippen molar-refractivity contribution >= 4 is 29.9 Å². The number of benzene rings is 1. The Morgan fingerprint density at radius 2 is 1.94 bits per heavy atom. The fourth-order valence-corrected chi connectivity index (χ4v) is 5.29. The van der Waals surface area contributed by atoms with Gasteiger partial charge in [-0.25, -0.2) is 4.99 Å². The molecule has 1 aromatic heterocycles. The third kappa shape index (κ3) is 6.26. The standard InChI is InChI=1S/C25H39N7.HI/c1-5-31-14-9-12-22(31)16-26-25(27-17-24-29-28-20(3)30(24)4)32-15-13-23(19(2)18-32)21-10-7-6-8-11-21;/h6-8,10-11,19,22-23H,5,9,12-18H2,1-4H3,(H,26,27);1H. The Bertz CT molecular complexity index is 897. The minimum atomic E-state index is 0. The first-order valence-corrected chi connectivity index (χ1v) is 12.2. The number of nitrogens with zero attached hydrogens (tertiary/aromatic N) is 6. The van der Waals surface area contributed by atoms with Crippen LogP contribution in [-0.4, -0.2) is 69.3 Å². The number of guanidine groups is 1. The lowest BCUT2D eigenvalue weighted by Gasteiger charge is -2.39. The van der Waals surface area contributed by atoms with Crippen molar-refractivity contribution in [2.45, 2.75) is 58.5 Å². The summed E-state index contributed by atoms with van der Waals surface area (Å²) < 4.78 is 2.03. The second kappa shape index (κ2) is 12.1. The van der Waals surface area contributed by atoms with Crippen molar-refractivity contribution < 1.29 is 0 Å². The lowest BCUT2D eigenvalue weighted by molar-refractivity contribution is 0.228. The number of likely N-dealkylation sites (tertiary alicyclic amines) is 2. The smallest absolute Gasteiger partial charge is 0.194 e. The normalized spacial score (nSPS) is 24.1. The maximum absolute atomic E-state index is 5.03. The molecule has 2 aromatic rings. The van der Waals surface area contributed by atoms with Crippen LogP contribution in [0.15, 0.2) is 35.3 Å². The second-order valence-corrected chi connectivity index (χ2v) is 9.40. The van der Waals surface area contributed by atoms with Gasteiger partial charge in [0.05, 0.1) is 0 Å². The summed E-state index contributed by atoms with van der Waals surface area (Å²) in [6.45, 7) is 12.5. The first-order chi connectivity index (χ1) is 15.6. The summed E-state index contributed by atoms with van der Waals surface area (Å²) in [6.07, 6.45) is 3.72. The van der Waals surface area contributed by atoms with Crippen molar-refractivity contribution in [3.8, 4) is 0 Å². The Kier molecular flexibility index (Phi) is 9.55. The van der Waals surface area contributed by atoms with Crippen molar-refractivity contribution in [3.63, 3.8) is 0 Å². The van der Waals surface area contributed by atoms with Crippen LogP contribution in [0.25, 0.3) is 0 Å². The Hall–Kier alpha value is -1.68. The van der Waals surface area contributed by atoms with E-state index in [4.69, 9.17) is 4.99 Å². The zero-order valence-electron chi connectivity index (χ0n) is 20.6. The van der Waals surface area contributed by atoms with Gasteiger partial charge in [-0.1, -0.05) is 44.2 Å². The Morgan fingerprint density at radius 3 is 2.61 bits per heavy atom. The fourth-order valence-electron chi connectivity index (χ4n) is 5.29. The van der Waals surface area contributed by atoms with E-state index in [-0.39, 0.29) is 24.0 Å². The van der Waals surface area contributed by atoms with Crippen molar-refractivity contribution in [2.75, 3.05) is 32.7 Å². The maximum Gasteiger partial charge on any atom is 0.194 e. The Balaban J connectivity index is 0.00000306. The largest absolute Gasteiger partial charge is 0.355 e. The summed E-state index contributed by atoms with van der Waals surface area (Å²) in [6, 6.07) is 11.6. The molecule has 0 amide bonds. The first kappa shape index (κ1) is 25.9. The van der Waals surface area contributed by atoms with Crippen molar-refractivity contribution in [2.24, 2.45) is 18.0 Å². The summed E-state index contributed by atoms with van der Waals surface area (Å²) >= 11 is 0. The van der Waals surface area contributed by atoms with E-state index in [9.17, 15) is 0 Å². The monoisotopic (exact) mass is 565 g/mol. The highest BCUT2D eigenvalue weighted by Gasteiger charge is 2.30. The molecule has 3 heterocycles. The zero-order valence-corrected chi connectivity index (χ0v) is 22.9. The van der Waals surface area contributed by atoms with Gasteiger partial charge >= 0.3 is 0 Å². The quantitative estimate of drug-likeness (QED) is 0.328. The van der Waals surface area contributed by atoms with Crippen LogP contribution >= 0.6 is 24.0 Å². The van der Waals surface area contributed by atoms with E-state index in [1.165, 1.54) is 24.9 Å². The summed E-state index contributed by atoms with van der Waals surface area (Å²) in [4.78, 5) is 10.1. The molecule has 2 fully saturated rings. The number of aliphatic imine (C=N–C) groups is 1. The molecule has 2 saturated heterocycles. The number of halogens is 1. The maximum atomic E-state index is 5.03. The molecular weight excluding hydrogens is 525 g/mol. The molecule has 0 saturated carbocycles. The van der Waals surface area contributed by atoms with Gasteiger partial charge in [-0.05, 0) is 56.7 Å². The molecule has 182 valence electrons. The van der Waals surface area contributed by atoms with Gasteiger partial charge in [-0.2, -0.15) is 0 Å². The summed E-state index contributed by atoms with van der Waals surface area (Å²) in [5.74, 6) is 4.04. The topological polar surface area (TPSA) is 61.6 Å². The van der Waals surface area contributed by atoms with Gasteiger partial charge in [0.2, 0.25) is 0 Å². The third-order valence-corrected chi connectivity index (χ3v) is 7.39. The van der Waals surface area contributed by atoms with Gasteiger partial charge in [-0.15, -0.1) is 34.2 Å². The zero-order chi connectivity index (χ0) is 22.5. The molecule has 33 heavy (non-hydrogen) atoms. The van der Waals surface area contributed by atoms with Gasteiger partial charge < -0.3 is 14.8 Å². The van der Waals surface area contributed by atoms with Crippen LogP contribution in [0.1, 0.15) is 56.2 Å². The van der Waals surface area contributed by atoms with E-state index in [1.54, 1.807) is 0 Å². The van der Waals surface area contributed by atoms with Gasteiger partial charge in [0.25, 0.3) is 0 Å². The van der Waals surface area contributed by atoms with E-state index in [1.807, 2.05) is 18.5 Å². The van der Waals surface area contributed by atoms with E-state index in [0.717, 1.165) is 50.2 Å². The van der Waals surface area contributed by atoms with E-state index in [0.29, 0.717) is 24.4 Å². The SMILES string of the molecule is CCN1CCCC1CNC(=NCc1nnc(C)n1C)N1CCC(c2ccccc2)C(C)C1.I. The summed E-state index contributed by atoms with van der Waals surface area (Å²) in [7, 11) is 2.01. The minimum absolute atomic E-state index is 0. The molecule has 8 heteroatoms. The summed E-state index contributed by atoms with van der Waals surface area (Å²) in [5, 5.41) is 12.3. The molecular formula is C25H40IN7. The predicted octanol–water partition coefficient (Wildman–Crippen LogP) is 3.80. The molecule has 7 nitrogen and oxygen atoms in total. The van der Waals surface area contributed by atoms with Crippen LogP contribution in [0.4, 0.5) is 0 Å². The lowest BCUT2D eigenvalue weighted by Crippen LogP contribution is -2.50. The second-order valence-electron chi connectivity index (χ2n) is 9.40. The molecule has 3 atom stereocenters. The van der Waals surface area contributed by atoms with Crippen molar-refractivity contribution in [1.82, 2.24) is 29.9 Å². The molecule has 3 unspecified atom stereocenters. The average Bonchev–Trinajstić information content (AvgIpc) is 3.40. The molecule has 1 N–H and O–H groups in total. The van der Waals surface area contributed by atoms with Crippen LogP contribution in [0.5, 0.6) is 0 Å². The van der Waals surface area contributed by atoms with Gasteiger partial charge in [0.1, 0.15) is 12.4 Å². The van der Waals surface area contributed by atoms with Crippen LogP contribution in [0, 0.1) is 12.8 Å². The number of aryl methyl sites for hydroxylation is 1. The van der Waals surface area contributed by atoms with E-state index < -0.39 is 0 Å². The van der Waals surface area contributed by atoms with E-state index >= 15 is 0 Å². The number of piperidine rings is 1. The highest BCUT2D eigenvalue weighted by molar-refractivity contribution is 14.0. The first-order valence-electron chi connectivity index (χ1n) is 12.2. The number of rotatable bonds is 6.